The summed E-state index contributed by atoms with van der Waals surface area (Å²) in [5, 5.41) is 8.25. The van der Waals surface area contributed by atoms with Crippen LogP contribution in [-0.4, -0.2) is 46.6 Å². The predicted octanol–water partition coefficient (Wildman–Crippen LogP) is 2.21. The molecule has 36 heavy (non-hydrogen) atoms. The van der Waals surface area contributed by atoms with Gasteiger partial charge in [-0.05, 0) is 44.2 Å². The van der Waals surface area contributed by atoms with Gasteiger partial charge in [-0.15, -0.1) is 0 Å². The number of benzene rings is 2. The van der Waals surface area contributed by atoms with Gasteiger partial charge in [-0.1, -0.05) is 0 Å². The fourth-order valence-corrected chi connectivity index (χ4v) is 5.29. The maximum Gasteiger partial charge on any atom is 0.245 e. The molecule has 2 aliphatic rings. The second-order valence-electron chi connectivity index (χ2n) is 8.59. The molecule has 0 aromatic heterocycles. The van der Waals surface area contributed by atoms with Crippen LogP contribution in [0.25, 0.3) is 0 Å². The Morgan fingerprint density at radius 1 is 1.06 bits per heavy atom. The van der Waals surface area contributed by atoms with Gasteiger partial charge in [0.2, 0.25) is 17.4 Å². The van der Waals surface area contributed by atoms with Gasteiger partial charge in [0, 0.05) is 11.3 Å². The summed E-state index contributed by atoms with van der Waals surface area (Å²) in [6.45, 7) is 2.67. The monoisotopic (exact) mass is 519 g/mol. The first-order chi connectivity index (χ1) is 16.9. The lowest BCUT2D eigenvalue weighted by Gasteiger charge is -2.33. The highest BCUT2D eigenvalue weighted by Gasteiger charge is 2.47. The number of aliphatic imine (C=N–C) groups is 1. The maximum absolute atomic E-state index is 14.7. The SMILES string of the molecule is COc1cc(C2(N)N=CC(F)=C(Nc3ccc4c(c3)NC(=O)C(C)(C)S4(=O)=O)N2)cc(OC)c1OC. The second kappa shape index (κ2) is 8.68. The maximum atomic E-state index is 14.7. The lowest BCUT2D eigenvalue weighted by atomic mass is 10.1. The summed E-state index contributed by atoms with van der Waals surface area (Å²) < 4.78 is 54.9. The molecule has 1 atom stereocenters. The fraction of sp³-hybridized carbons (Fsp3) is 0.304. The summed E-state index contributed by atoms with van der Waals surface area (Å²) in [5.41, 5.74) is 7.24. The highest BCUT2D eigenvalue weighted by atomic mass is 32.2. The number of anilines is 2. The molecule has 2 aromatic carbocycles. The van der Waals surface area contributed by atoms with Crippen LogP contribution in [0.2, 0.25) is 0 Å². The zero-order valence-corrected chi connectivity index (χ0v) is 21.0. The molecule has 0 saturated carbocycles. The van der Waals surface area contributed by atoms with Crippen molar-refractivity contribution in [3.63, 3.8) is 0 Å². The largest absolute Gasteiger partial charge is 0.493 e. The summed E-state index contributed by atoms with van der Waals surface area (Å²) in [5.74, 6) is -2.17. The molecular weight excluding hydrogens is 493 g/mol. The van der Waals surface area contributed by atoms with E-state index in [1.807, 2.05) is 0 Å². The molecule has 2 aliphatic heterocycles. The third-order valence-corrected chi connectivity index (χ3v) is 8.51. The van der Waals surface area contributed by atoms with Crippen molar-refractivity contribution in [3.05, 3.63) is 47.5 Å². The van der Waals surface area contributed by atoms with Gasteiger partial charge in [-0.3, -0.25) is 10.5 Å². The third-order valence-electron chi connectivity index (χ3n) is 6.05. The molecule has 0 aliphatic carbocycles. The smallest absolute Gasteiger partial charge is 0.245 e. The van der Waals surface area contributed by atoms with E-state index in [0.717, 1.165) is 6.21 Å². The number of nitrogens with two attached hydrogens (primary N) is 1. The first-order valence-electron chi connectivity index (χ1n) is 10.7. The fourth-order valence-electron chi connectivity index (χ4n) is 3.80. The normalized spacial score (nSPS) is 21.7. The summed E-state index contributed by atoms with van der Waals surface area (Å²) >= 11 is 0. The number of nitrogens with one attached hydrogen (secondary N) is 3. The summed E-state index contributed by atoms with van der Waals surface area (Å²) in [4.78, 5) is 16.5. The number of nitrogens with zero attached hydrogens (tertiary/aromatic N) is 1. The van der Waals surface area contributed by atoms with Gasteiger partial charge in [-0.2, -0.15) is 0 Å². The number of halogens is 1. The number of amides is 1. The van der Waals surface area contributed by atoms with Crippen LogP contribution < -0.4 is 35.9 Å². The molecule has 0 spiro atoms. The van der Waals surface area contributed by atoms with E-state index < -0.39 is 32.1 Å². The van der Waals surface area contributed by atoms with Gasteiger partial charge in [0.05, 0.1) is 38.1 Å². The Morgan fingerprint density at radius 2 is 1.69 bits per heavy atom. The van der Waals surface area contributed by atoms with Gasteiger partial charge in [-0.25, -0.2) is 17.8 Å². The number of carbonyl (C=O) groups excluding carboxylic acids is 1. The molecule has 2 heterocycles. The molecule has 5 N–H and O–H groups in total. The second-order valence-corrected chi connectivity index (χ2v) is 11.1. The van der Waals surface area contributed by atoms with E-state index in [9.17, 15) is 17.6 Å². The van der Waals surface area contributed by atoms with E-state index in [0.29, 0.717) is 28.5 Å². The zero-order chi connectivity index (χ0) is 26.5. The molecule has 4 rings (SSSR count). The van der Waals surface area contributed by atoms with Crippen LogP contribution in [0, 0.1) is 0 Å². The van der Waals surface area contributed by atoms with Crippen LogP contribution in [0.1, 0.15) is 19.4 Å². The Bertz CT molecular complexity index is 1400. The van der Waals surface area contributed by atoms with Crippen molar-refractivity contribution in [3.8, 4) is 17.2 Å². The van der Waals surface area contributed by atoms with E-state index in [2.05, 4.69) is 20.9 Å². The third kappa shape index (κ3) is 3.89. The minimum Gasteiger partial charge on any atom is -0.493 e. The number of rotatable bonds is 6. The highest BCUT2D eigenvalue weighted by Crippen LogP contribution is 2.41. The van der Waals surface area contributed by atoms with Crippen molar-refractivity contribution in [1.29, 1.82) is 0 Å². The lowest BCUT2D eigenvalue weighted by Crippen LogP contribution is -2.51. The minimum atomic E-state index is -3.92. The van der Waals surface area contributed by atoms with Gasteiger partial charge in [0.25, 0.3) is 0 Å². The molecule has 11 nitrogen and oxygen atoms in total. The zero-order valence-electron chi connectivity index (χ0n) is 20.2. The average Bonchev–Trinajstić information content (AvgIpc) is 2.84. The van der Waals surface area contributed by atoms with Crippen molar-refractivity contribution in [1.82, 2.24) is 5.32 Å². The number of carbonyl (C=O) groups is 1. The van der Waals surface area contributed by atoms with Crippen LogP contribution in [0.4, 0.5) is 15.8 Å². The number of ether oxygens (including phenoxy) is 3. The van der Waals surface area contributed by atoms with E-state index in [-0.39, 0.29) is 16.4 Å². The van der Waals surface area contributed by atoms with Crippen LogP contribution in [-0.2, 0) is 20.4 Å². The first-order valence-corrected chi connectivity index (χ1v) is 12.2. The van der Waals surface area contributed by atoms with Crippen LogP contribution in [0.5, 0.6) is 17.2 Å². The van der Waals surface area contributed by atoms with Gasteiger partial charge in [0.15, 0.2) is 27.2 Å². The van der Waals surface area contributed by atoms with Gasteiger partial charge < -0.3 is 30.2 Å². The quantitative estimate of drug-likeness (QED) is 0.450. The molecule has 0 radical (unpaired) electrons. The number of sulfone groups is 1. The summed E-state index contributed by atoms with van der Waals surface area (Å²) in [6.07, 6.45) is 0.954. The van der Waals surface area contributed by atoms with E-state index in [1.165, 1.54) is 53.4 Å². The van der Waals surface area contributed by atoms with Gasteiger partial charge in [0.1, 0.15) is 10.6 Å². The number of allylic oxidation sites excluding steroid dienone is 1. The van der Waals surface area contributed by atoms with Crippen LogP contribution in [0.15, 0.2) is 51.9 Å². The molecule has 192 valence electrons. The van der Waals surface area contributed by atoms with E-state index in [1.54, 1.807) is 12.1 Å². The van der Waals surface area contributed by atoms with E-state index in [4.69, 9.17) is 19.9 Å². The average molecular weight is 520 g/mol. The number of fused-ring (bicyclic) bond motifs is 1. The highest BCUT2D eigenvalue weighted by molar-refractivity contribution is 7.94. The number of methoxy groups -OCH3 is 3. The molecule has 13 heteroatoms. The summed E-state index contributed by atoms with van der Waals surface area (Å²) in [6, 6.07) is 7.35. The summed E-state index contributed by atoms with van der Waals surface area (Å²) in [7, 11) is 0.438. The molecule has 1 unspecified atom stereocenters. The molecule has 0 saturated heterocycles. The Balaban J connectivity index is 1.67. The Hall–Kier alpha value is -3.84. The van der Waals surface area contributed by atoms with Crippen molar-refractivity contribution in [2.75, 3.05) is 32.0 Å². The van der Waals surface area contributed by atoms with Crippen LogP contribution in [0.3, 0.4) is 0 Å². The number of hydrogen-bond acceptors (Lipinski definition) is 10. The van der Waals surface area contributed by atoms with Crippen molar-refractivity contribution >= 4 is 33.3 Å². The standard InChI is InChI=1S/C23H26FN5O6S/c1-22(2)21(30)28-15-10-13(6-7-18(15)36(22,31)32)27-20-14(24)11-26-23(25,29-20)12-8-16(33-3)19(35-5)17(9-12)34-4/h6-11,27,29H,25H2,1-5H3,(H,28,30). The van der Waals surface area contributed by atoms with Crippen molar-refractivity contribution in [2.24, 2.45) is 10.7 Å². The van der Waals surface area contributed by atoms with Gasteiger partial charge >= 0.3 is 0 Å². The Morgan fingerprint density at radius 3 is 2.28 bits per heavy atom. The predicted molar refractivity (Wildman–Crippen MR) is 132 cm³/mol. The Labute approximate surface area is 207 Å². The molecule has 2 aromatic rings. The van der Waals surface area contributed by atoms with Crippen LogP contribution >= 0.6 is 0 Å². The Kier molecular flexibility index (Phi) is 6.09. The molecular formula is C23H26FN5O6S. The minimum absolute atomic E-state index is 0.0316. The first kappa shape index (κ1) is 25.3. The topological polar surface area (TPSA) is 153 Å². The molecule has 0 bridgehead atoms. The van der Waals surface area contributed by atoms with Crippen molar-refractivity contribution < 1.29 is 31.8 Å². The number of hydrogen-bond donors (Lipinski definition) is 4. The van der Waals surface area contributed by atoms with Crippen molar-refractivity contribution in [2.45, 2.75) is 29.3 Å². The lowest BCUT2D eigenvalue weighted by molar-refractivity contribution is -0.118. The molecule has 1 amide bonds. The molecule has 0 fully saturated rings. The van der Waals surface area contributed by atoms with E-state index >= 15 is 0 Å².